The van der Waals surface area contributed by atoms with Crippen molar-refractivity contribution in [3.05, 3.63) is 41.3 Å². The van der Waals surface area contributed by atoms with E-state index in [0.717, 1.165) is 29.9 Å². The van der Waals surface area contributed by atoms with E-state index in [1.165, 1.54) is 5.56 Å². The molecular formula is C18H22N2O2. The molecule has 2 aromatic rings. The Morgan fingerprint density at radius 3 is 2.59 bits per heavy atom. The van der Waals surface area contributed by atoms with Crippen molar-refractivity contribution in [2.75, 3.05) is 0 Å². The monoisotopic (exact) mass is 298 g/mol. The maximum Gasteiger partial charge on any atom is 0.314 e. The molecule has 2 heterocycles. The maximum absolute atomic E-state index is 11.4. The first-order valence-electron chi connectivity index (χ1n) is 7.89. The fourth-order valence-corrected chi connectivity index (χ4v) is 3.22. The Kier molecular flexibility index (Phi) is 3.77. The van der Waals surface area contributed by atoms with Crippen LogP contribution >= 0.6 is 0 Å². The number of imidazole rings is 1. The van der Waals surface area contributed by atoms with Gasteiger partial charge in [-0.3, -0.25) is 4.79 Å². The van der Waals surface area contributed by atoms with Crippen molar-refractivity contribution in [3.63, 3.8) is 0 Å². The van der Waals surface area contributed by atoms with Gasteiger partial charge in [0, 0.05) is 17.8 Å². The highest BCUT2D eigenvalue weighted by atomic mass is 16.4. The normalized spacial score (nSPS) is 17.5. The highest BCUT2D eigenvalue weighted by Gasteiger charge is 2.30. The minimum atomic E-state index is -0.771. The number of hydrogen-bond donors (Lipinski definition) is 1. The largest absolute Gasteiger partial charge is 0.481 e. The maximum atomic E-state index is 11.4. The number of aliphatic carboxylic acids is 1. The average molecular weight is 298 g/mol. The highest BCUT2D eigenvalue weighted by molar-refractivity contribution is 5.76. The lowest BCUT2D eigenvalue weighted by atomic mass is 9.99. The Balaban J connectivity index is 2.03. The molecule has 1 aromatic carbocycles. The molecule has 1 aliphatic rings. The van der Waals surface area contributed by atoms with Gasteiger partial charge in [0.2, 0.25) is 0 Å². The van der Waals surface area contributed by atoms with Crippen LogP contribution in [0.4, 0.5) is 0 Å². The Bertz CT molecular complexity index is 699. The molecule has 1 unspecified atom stereocenters. The van der Waals surface area contributed by atoms with Gasteiger partial charge in [-0.1, -0.05) is 38.1 Å². The van der Waals surface area contributed by atoms with E-state index < -0.39 is 11.9 Å². The molecule has 1 atom stereocenters. The standard InChI is InChI=1S/C18H22N2O2/c1-11(2)13-6-8-14(9-7-13)16-12(3)20-10-4-5-15(18(21)22)17(20)19-16/h6-9,11,15H,4-5,10H2,1-3H3,(H,21,22). The lowest BCUT2D eigenvalue weighted by Gasteiger charge is -2.20. The fraction of sp³-hybridized carbons (Fsp3) is 0.444. The number of nitrogens with zero attached hydrogens (tertiary/aromatic N) is 2. The predicted molar refractivity (Wildman–Crippen MR) is 86.1 cm³/mol. The number of benzene rings is 1. The van der Waals surface area contributed by atoms with E-state index in [-0.39, 0.29) is 0 Å². The number of carboxylic acid groups (broad SMARTS) is 1. The second-order valence-electron chi connectivity index (χ2n) is 6.37. The molecule has 0 bridgehead atoms. The molecule has 0 saturated carbocycles. The summed E-state index contributed by atoms with van der Waals surface area (Å²) in [4.78, 5) is 16.1. The van der Waals surface area contributed by atoms with Crippen molar-refractivity contribution < 1.29 is 9.90 Å². The number of fused-ring (bicyclic) bond motifs is 1. The third-order valence-corrected chi connectivity index (χ3v) is 4.59. The Hall–Kier alpha value is -2.10. The fourth-order valence-electron chi connectivity index (χ4n) is 3.22. The van der Waals surface area contributed by atoms with Gasteiger partial charge in [-0.2, -0.15) is 0 Å². The molecule has 116 valence electrons. The molecule has 4 heteroatoms. The van der Waals surface area contributed by atoms with Crippen LogP contribution in [0.25, 0.3) is 11.3 Å². The van der Waals surface area contributed by atoms with Gasteiger partial charge in [0.25, 0.3) is 0 Å². The minimum absolute atomic E-state index is 0.476. The van der Waals surface area contributed by atoms with Crippen molar-refractivity contribution in [1.29, 1.82) is 0 Å². The Labute approximate surface area is 130 Å². The molecule has 0 fully saturated rings. The van der Waals surface area contributed by atoms with E-state index in [9.17, 15) is 9.90 Å². The summed E-state index contributed by atoms with van der Waals surface area (Å²) in [6, 6.07) is 8.44. The van der Waals surface area contributed by atoms with E-state index in [2.05, 4.69) is 47.7 Å². The summed E-state index contributed by atoms with van der Waals surface area (Å²) in [6.07, 6.45) is 1.57. The molecule has 3 rings (SSSR count). The first-order chi connectivity index (χ1) is 10.5. The molecule has 0 amide bonds. The van der Waals surface area contributed by atoms with E-state index in [1.54, 1.807) is 0 Å². The zero-order valence-corrected chi connectivity index (χ0v) is 13.3. The van der Waals surface area contributed by atoms with Gasteiger partial charge in [-0.15, -0.1) is 0 Å². The summed E-state index contributed by atoms with van der Waals surface area (Å²) in [5.41, 5.74) is 4.35. The van der Waals surface area contributed by atoms with E-state index in [4.69, 9.17) is 0 Å². The zero-order chi connectivity index (χ0) is 15.9. The van der Waals surface area contributed by atoms with Gasteiger partial charge >= 0.3 is 5.97 Å². The van der Waals surface area contributed by atoms with Crippen molar-refractivity contribution >= 4 is 5.97 Å². The van der Waals surface area contributed by atoms with E-state index in [1.807, 2.05) is 6.92 Å². The van der Waals surface area contributed by atoms with Gasteiger partial charge in [0.1, 0.15) is 11.7 Å². The Morgan fingerprint density at radius 1 is 1.32 bits per heavy atom. The Morgan fingerprint density at radius 2 is 2.00 bits per heavy atom. The van der Waals surface area contributed by atoms with Crippen molar-refractivity contribution in [1.82, 2.24) is 9.55 Å². The quantitative estimate of drug-likeness (QED) is 0.933. The van der Waals surface area contributed by atoms with Crippen LogP contribution in [0.15, 0.2) is 24.3 Å². The summed E-state index contributed by atoms with van der Waals surface area (Å²) in [7, 11) is 0. The third kappa shape index (κ3) is 2.43. The molecule has 1 aromatic heterocycles. The summed E-state index contributed by atoms with van der Waals surface area (Å²) in [6.45, 7) is 7.24. The van der Waals surface area contributed by atoms with Crippen LogP contribution in [-0.2, 0) is 11.3 Å². The third-order valence-electron chi connectivity index (χ3n) is 4.59. The average Bonchev–Trinajstić information content (AvgIpc) is 2.84. The molecule has 0 aliphatic carbocycles. The summed E-state index contributed by atoms with van der Waals surface area (Å²) in [5, 5.41) is 9.40. The minimum Gasteiger partial charge on any atom is -0.481 e. The van der Waals surface area contributed by atoms with Crippen LogP contribution in [-0.4, -0.2) is 20.6 Å². The zero-order valence-electron chi connectivity index (χ0n) is 13.3. The number of aromatic nitrogens is 2. The molecule has 1 aliphatic heterocycles. The van der Waals surface area contributed by atoms with Crippen LogP contribution in [0.2, 0.25) is 0 Å². The van der Waals surface area contributed by atoms with Crippen LogP contribution in [0.5, 0.6) is 0 Å². The number of rotatable bonds is 3. The summed E-state index contributed by atoms with van der Waals surface area (Å²) >= 11 is 0. The second kappa shape index (κ2) is 5.59. The predicted octanol–water partition coefficient (Wildman–Crippen LogP) is 3.94. The van der Waals surface area contributed by atoms with Gasteiger partial charge < -0.3 is 9.67 Å². The smallest absolute Gasteiger partial charge is 0.314 e. The SMILES string of the molecule is Cc1c(-c2ccc(C(C)C)cc2)nc2n1CCCC2C(=O)O. The van der Waals surface area contributed by atoms with Crippen LogP contribution < -0.4 is 0 Å². The molecule has 0 saturated heterocycles. The molecule has 22 heavy (non-hydrogen) atoms. The van der Waals surface area contributed by atoms with Gasteiger partial charge in [0.05, 0.1) is 5.69 Å². The lowest BCUT2D eigenvalue weighted by molar-refractivity contribution is -0.139. The second-order valence-corrected chi connectivity index (χ2v) is 6.37. The van der Waals surface area contributed by atoms with E-state index >= 15 is 0 Å². The summed E-state index contributed by atoms with van der Waals surface area (Å²) < 4.78 is 2.08. The first kappa shape index (κ1) is 14.8. The van der Waals surface area contributed by atoms with Gasteiger partial charge in [-0.25, -0.2) is 4.98 Å². The van der Waals surface area contributed by atoms with Crippen LogP contribution in [0, 0.1) is 6.92 Å². The molecule has 1 N–H and O–H groups in total. The van der Waals surface area contributed by atoms with Crippen molar-refractivity contribution in [3.8, 4) is 11.3 Å². The van der Waals surface area contributed by atoms with E-state index in [0.29, 0.717) is 18.2 Å². The van der Waals surface area contributed by atoms with Gasteiger partial charge in [-0.05, 0) is 31.2 Å². The van der Waals surface area contributed by atoms with Crippen molar-refractivity contribution in [2.45, 2.75) is 52.0 Å². The molecule has 0 spiro atoms. The van der Waals surface area contributed by atoms with Crippen LogP contribution in [0.3, 0.4) is 0 Å². The highest BCUT2D eigenvalue weighted by Crippen LogP contribution is 2.33. The van der Waals surface area contributed by atoms with Crippen LogP contribution in [0.1, 0.15) is 55.6 Å². The molecular weight excluding hydrogens is 276 g/mol. The number of hydrogen-bond acceptors (Lipinski definition) is 2. The van der Waals surface area contributed by atoms with Gasteiger partial charge in [0.15, 0.2) is 0 Å². The number of carbonyl (C=O) groups is 1. The summed E-state index contributed by atoms with van der Waals surface area (Å²) in [5.74, 6) is -0.0373. The van der Waals surface area contributed by atoms with Crippen molar-refractivity contribution in [2.24, 2.45) is 0 Å². The molecule has 4 nitrogen and oxygen atoms in total. The topological polar surface area (TPSA) is 55.1 Å². The number of carboxylic acids is 1. The molecule has 0 radical (unpaired) electrons. The lowest BCUT2D eigenvalue weighted by Crippen LogP contribution is -2.22. The first-order valence-corrected chi connectivity index (χ1v) is 7.89.